The molecule has 1 aromatic carbocycles. The van der Waals surface area contributed by atoms with Gasteiger partial charge in [-0.15, -0.1) is 10.2 Å². The number of benzene rings is 1. The molecule has 0 aliphatic carbocycles. The first kappa shape index (κ1) is 16.2. The summed E-state index contributed by atoms with van der Waals surface area (Å²) in [6, 6.07) is 11.2. The molecule has 2 N–H and O–H groups in total. The van der Waals surface area contributed by atoms with Crippen molar-refractivity contribution >= 4 is 23.3 Å². The highest BCUT2D eigenvalue weighted by molar-refractivity contribution is 6.30. The highest BCUT2D eigenvalue weighted by Crippen LogP contribution is 2.10. The van der Waals surface area contributed by atoms with E-state index in [1.165, 1.54) is 5.56 Å². The van der Waals surface area contributed by atoms with Crippen molar-refractivity contribution in [2.75, 3.05) is 18.4 Å². The highest BCUT2D eigenvalue weighted by Gasteiger charge is 2.06. The van der Waals surface area contributed by atoms with Gasteiger partial charge < -0.3 is 10.6 Å². The van der Waals surface area contributed by atoms with Crippen LogP contribution in [0.2, 0.25) is 5.02 Å². The van der Waals surface area contributed by atoms with Gasteiger partial charge in [0.1, 0.15) is 5.82 Å². The van der Waals surface area contributed by atoms with Crippen LogP contribution >= 0.6 is 11.6 Å². The van der Waals surface area contributed by atoms with Gasteiger partial charge in [0.15, 0.2) is 5.69 Å². The third-order valence-corrected chi connectivity index (χ3v) is 3.32. The van der Waals surface area contributed by atoms with Gasteiger partial charge in [0.25, 0.3) is 5.91 Å². The number of amides is 1. The van der Waals surface area contributed by atoms with Crippen molar-refractivity contribution in [2.24, 2.45) is 0 Å². The summed E-state index contributed by atoms with van der Waals surface area (Å²) in [5, 5.41) is 14.6. The average molecular weight is 319 g/mol. The molecule has 1 heterocycles. The van der Waals surface area contributed by atoms with Gasteiger partial charge in [0.05, 0.1) is 0 Å². The predicted octanol–water partition coefficient (Wildman–Crippen LogP) is 2.92. The Bertz CT molecular complexity index is 599. The van der Waals surface area contributed by atoms with E-state index in [-0.39, 0.29) is 5.91 Å². The Morgan fingerprint density at radius 1 is 1.09 bits per heavy atom. The molecule has 1 amide bonds. The second kappa shape index (κ2) is 8.34. The van der Waals surface area contributed by atoms with Gasteiger partial charge in [0.2, 0.25) is 0 Å². The molecule has 2 aromatic rings. The Morgan fingerprint density at radius 2 is 1.86 bits per heavy atom. The minimum absolute atomic E-state index is 0.193. The van der Waals surface area contributed by atoms with Crippen LogP contribution in [0.1, 0.15) is 29.4 Å². The second-order valence-corrected chi connectivity index (χ2v) is 5.30. The van der Waals surface area contributed by atoms with E-state index in [1.807, 2.05) is 31.2 Å². The van der Waals surface area contributed by atoms with E-state index < -0.39 is 0 Å². The minimum Gasteiger partial charge on any atom is -0.368 e. The van der Waals surface area contributed by atoms with Crippen LogP contribution in [0.5, 0.6) is 0 Å². The molecule has 6 heteroatoms. The Hall–Kier alpha value is -2.14. The van der Waals surface area contributed by atoms with Crippen molar-refractivity contribution in [1.29, 1.82) is 0 Å². The number of carbonyl (C=O) groups excluding carboxylic acids is 1. The standard InChI is InChI=1S/C16H19ClN4O/c1-2-10-19-16(22)14-7-8-15(21-20-14)18-11-9-12-3-5-13(17)6-4-12/h3-8H,2,9-11H2,1H3,(H,18,21)(H,19,22). The number of carbonyl (C=O) groups is 1. The van der Waals surface area contributed by atoms with Crippen LogP contribution in [0.3, 0.4) is 0 Å². The number of hydrogen-bond donors (Lipinski definition) is 2. The molecule has 0 unspecified atom stereocenters. The maximum absolute atomic E-state index is 11.7. The molecule has 116 valence electrons. The molecule has 0 fully saturated rings. The van der Waals surface area contributed by atoms with E-state index in [0.29, 0.717) is 18.1 Å². The molecule has 0 aliphatic heterocycles. The average Bonchev–Trinajstić information content (AvgIpc) is 2.55. The van der Waals surface area contributed by atoms with E-state index in [2.05, 4.69) is 20.8 Å². The zero-order valence-corrected chi connectivity index (χ0v) is 13.2. The number of anilines is 1. The number of nitrogens with zero attached hydrogens (tertiary/aromatic N) is 2. The Morgan fingerprint density at radius 3 is 2.50 bits per heavy atom. The molecule has 0 radical (unpaired) electrons. The molecule has 0 saturated carbocycles. The quantitative estimate of drug-likeness (QED) is 0.823. The molecular formula is C16H19ClN4O. The van der Waals surface area contributed by atoms with Crippen molar-refractivity contribution in [1.82, 2.24) is 15.5 Å². The zero-order valence-electron chi connectivity index (χ0n) is 12.5. The monoisotopic (exact) mass is 318 g/mol. The lowest BCUT2D eigenvalue weighted by molar-refractivity contribution is 0.0947. The van der Waals surface area contributed by atoms with Crippen LogP contribution in [0.4, 0.5) is 5.82 Å². The van der Waals surface area contributed by atoms with Gasteiger partial charge >= 0.3 is 0 Å². The van der Waals surface area contributed by atoms with Crippen molar-refractivity contribution in [3.63, 3.8) is 0 Å². The van der Waals surface area contributed by atoms with Crippen molar-refractivity contribution in [3.05, 3.63) is 52.7 Å². The summed E-state index contributed by atoms with van der Waals surface area (Å²) in [4.78, 5) is 11.7. The van der Waals surface area contributed by atoms with Crippen molar-refractivity contribution < 1.29 is 4.79 Å². The van der Waals surface area contributed by atoms with Gasteiger partial charge in [-0.1, -0.05) is 30.7 Å². The van der Waals surface area contributed by atoms with E-state index in [9.17, 15) is 4.79 Å². The third kappa shape index (κ3) is 5.00. The van der Waals surface area contributed by atoms with Gasteiger partial charge in [-0.2, -0.15) is 0 Å². The Kier molecular flexibility index (Phi) is 6.15. The number of aromatic nitrogens is 2. The van der Waals surface area contributed by atoms with E-state index in [1.54, 1.807) is 12.1 Å². The second-order valence-electron chi connectivity index (χ2n) is 4.86. The van der Waals surface area contributed by atoms with Gasteiger partial charge in [-0.3, -0.25) is 4.79 Å². The maximum Gasteiger partial charge on any atom is 0.271 e. The largest absolute Gasteiger partial charge is 0.368 e. The number of halogens is 1. The Labute approximate surface area is 135 Å². The fraction of sp³-hybridized carbons (Fsp3) is 0.312. The molecule has 0 aliphatic rings. The third-order valence-electron chi connectivity index (χ3n) is 3.07. The van der Waals surface area contributed by atoms with Crippen LogP contribution in [0.25, 0.3) is 0 Å². The van der Waals surface area contributed by atoms with Crippen LogP contribution in [-0.4, -0.2) is 29.2 Å². The summed E-state index contributed by atoms with van der Waals surface area (Å²) in [6.07, 6.45) is 1.75. The molecule has 1 aromatic heterocycles. The van der Waals surface area contributed by atoms with Crippen LogP contribution in [-0.2, 0) is 6.42 Å². The first-order valence-electron chi connectivity index (χ1n) is 7.29. The van der Waals surface area contributed by atoms with E-state index in [4.69, 9.17) is 11.6 Å². The fourth-order valence-electron chi connectivity index (χ4n) is 1.86. The molecule has 5 nitrogen and oxygen atoms in total. The van der Waals surface area contributed by atoms with Gasteiger partial charge in [-0.05, 0) is 42.7 Å². The number of nitrogens with one attached hydrogen (secondary N) is 2. The highest BCUT2D eigenvalue weighted by atomic mass is 35.5. The number of rotatable bonds is 7. The minimum atomic E-state index is -0.193. The first-order valence-corrected chi connectivity index (χ1v) is 7.67. The first-order chi connectivity index (χ1) is 10.7. The van der Waals surface area contributed by atoms with Crippen LogP contribution in [0.15, 0.2) is 36.4 Å². The van der Waals surface area contributed by atoms with Crippen LogP contribution in [0, 0.1) is 0 Å². The summed E-state index contributed by atoms with van der Waals surface area (Å²) < 4.78 is 0. The topological polar surface area (TPSA) is 66.9 Å². The summed E-state index contributed by atoms with van der Waals surface area (Å²) in [5.41, 5.74) is 1.53. The summed E-state index contributed by atoms with van der Waals surface area (Å²) in [6.45, 7) is 3.37. The lowest BCUT2D eigenvalue weighted by Gasteiger charge is -2.06. The van der Waals surface area contributed by atoms with E-state index >= 15 is 0 Å². The SMILES string of the molecule is CCCNC(=O)c1ccc(NCCc2ccc(Cl)cc2)nn1. The zero-order chi connectivity index (χ0) is 15.8. The summed E-state index contributed by atoms with van der Waals surface area (Å²) in [7, 11) is 0. The maximum atomic E-state index is 11.7. The molecular weight excluding hydrogens is 300 g/mol. The van der Waals surface area contributed by atoms with Gasteiger partial charge in [-0.25, -0.2) is 0 Å². The molecule has 0 saturated heterocycles. The molecule has 0 atom stereocenters. The number of hydrogen-bond acceptors (Lipinski definition) is 4. The van der Waals surface area contributed by atoms with E-state index in [0.717, 1.165) is 24.4 Å². The lowest BCUT2D eigenvalue weighted by atomic mass is 10.1. The van der Waals surface area contributed by atoms with Gasteiger partial charge in [0, 0.05) is 18.1 Å². The normalized spacial score (nSPS) is 10.3. The van der Waals surface area contributed by atoms with Crippen molar-refractivity contribution in [2.45, 2.75) is 19.8 Å². The fourth-order valence-corrected chi connectivity index (χ4v) is 1.99. The van der Waals surface area contributed by atoms with Crippen LogP contribution < -0.4 is 10.6 Å². The predicted molar refractivity (Wildman–Crippen MR) is 88.3 cm³/mol. The van der Waals surface area contributed by atoms with Crippen molar-refractivity contribution in [3.8, 4) is 0 Å². The molecule has 22 heavy (non-hydrogen) atoms. The summed E-state index contributed by atoms with van der Waals surface area (Å²) in [5.74, 6) is 0.461. The molecule has 0 bridgehead atoms. The molecule has 2 rings (SSSR count). The Balaban J connectivity index is 1.81. The molecule has 0 spiro atoms. The smallest absolute Gasteiger partial charge is 0.271 e. The summed E-state index contributed by atoms with van der Waals surface area (Å²) >= 11 is 5.85. The lowest BCUT2D eigenvalue weighted by Crippen LogP contribution is -2.25.